The summed E-state index contributed by atoms with van der Waals surface area (Å²) in [4.78, 5) is 28.7. The molecule has 0 aromatic heterocycles. The van der Waals surface area contributed by atoms with Crippen LogP contribution in [0, 0.1) is 0 Å². The number of carboxylic acid groups (broad SMARTS) is 1. The van der Waals surface area contributed by atoms with E-state index in [-0.39, 0.29) is 5.91 Å². The van der Waals surface area contributed by atoms with Gasteiger partial charge in [0.1, 0.15) is 6.04 Å². The van der Waals surface area contributed by atoms with Crippen LogP contribution in [-0.4, -0.2) is 58.0 Å². The first-order valence-electron chi connectivity index (χ1n) is 9.95. The first kappa shape index (κ1) is 17.7. The van der Waals surface area contributed by atoms with Crippen LogP contribution in [0.2, 0.25) is 0 Å². The highest BCUT2D eigenvalue weighted by Crippen LogP contribution is 2.31. The fourth-order valence-electron chi connectivity index (χ4n) is 4.97. The van der Waals surface area contributed by atoms with Gasteiger partial charge in [0.2, 0.25) is 5.91 Å². The number of carbonyl (C=O) groups is 2. The lowest BCUT2D eigenvalue weighted by Crippen LogP contribution is -2.53. The van der Waals surface area contributed by atoms with Crippen molar-refractivity contribution in [3.63, 3.8) is 0 Å². The maximum atomic E-state index is 13.2. The molecular weight excluding hydrogens is 304 g/mol. The number of carboxylic acids is 1. The summed E-state index contributed by atoms with van der Waals surface area (Å²) in [5, 5.41) is 9.37. The van der Waals surface area contributed by atoms with Gasteiger partial charge in [0.25, 0.3) is 0 Å². The molecule has 3 rings (SSSR count). The summed E-state index contributed by atoms with van der Waals surface area (Å²) < 4.78 is 0. The molecule has 5 nitrogen and oxygen atoms in total. The minimum absolute atomic E-state index is 0.182. The summed E-state index contributed by atoms with van der Waals surface area (Å²) in [5.74, 6) is -0.593. The third-order valence-corrected chi connectivity index (χ3v) is 6.21. The van der Waals surface area contributed by atoms with Gasteiger partial charge in [-0.2, -0.15) is 0 Å². The van der Waals surface area contributed by atoms with E-state index in [9.17, 15) is 14.7 Å². The van der Waals surface area contributed by atoms with E-state index in [2.05, 4.69) is 4.90 Å². The first-order valence-corrected chi connectivity index (χ1v) is 9.95. The molecule has 1 N–H and O–H groups in total. The summed E-state index contributed by atoms with van der Waals surface area (Å²) in [6.07, 6.45) is 13.6. The molecule has 3 aliphatic rings. The van der Waals surface area contributed by atoms with E-state index in [1.807, 2.05) is 4.90 Å². The third kappa shape index (κ3) is 4.11. The van der Waals surface area contributed by atoms with Crippen molar-refractivity contribution in [2.24, 2.45) is 0 Å². The molecule has 0 aromatic carbocycles. The van der Waals surface area contributed by atoms with Gasteiger partial charge in [-0.1, -0.05) is 38.5 Å². The highest BCUT2D eigenvalue weighted by Gasteiger charge is 2.36. The molecule has 2 saturated carbocycles. The second-order valence-electron chi connectivity index (χ2n) is 7.85. The predicted octanol–water partition coefficient (Wildman–Crippen LogP) is 3.03. The van der Waals surface area contributed by atoms with E-state index in [4.69, 9.17) is 0 Å². The topological polar surface area (TPSA) is 60.9 Å². The molecular formula is C19H32N2O3. The van der Waals surface area contributed by atoms with Crippen LogP contribution in [0.25, 0.3) is 0 Å². The molecule has 1 atom stereocenters. The monoisotopic (exact) mass is 336 g/mol. The van der Waals surface area contributed by atoms with Gasteiger partial charge >= 0.3 is 5.97 Å². The number of hydrogen-bond acceptors (Lipinski definition) is 3. The van der Waals surface area contributed by atoms with Gasteiger partial charge in [-0.25, -0.2) is 0 Å². The standard InChI is InChI=1S/C19H32N2O3/c22-18(14-20-13-7-12-17(20)19(23)24)21(15-8-3-1-4-9-15)16-10-5-2-6-11-16/h15-17H,1-14H2,(H,23,24)/t17-/m1/s1. The largest absolute Gasteiger partial charge is 0.480 e. The third-order valence-electron chi connectivity index (χ3n) is 6.21. The van der Waals surface area contributed by atoms with Crippen LogP contribution < -0.4 is 0 Å². The van der Waals surface area contributed by atoms with Crippen molar-refractivity contribution < 1.29 is 14.7 Å². The quantitative estimate of drug-likeness (QED) is 0.838. The highest BCUT2D eigenvalue weighted by molar-refractivity contribution is 5.81. The average Bonchev–Trinajstić information content (AvgIpc) is 3.05. The van der Waals surface area contributed by atoms with Gasteiger partial charge in [-0.3, -0.25) is 14.5 Å². The zero-order valence-electron chi connectivity index (χ0n) is 14.8. The zero-order chi connectivity index (χ0) is 16.9. The maximum absolute atomic E-state index is 13.2. The Labute approximate surface area is 145 Å². The Morgan fingerprint density at radius 1 is 0.833 bits per heavy atom. The summed E-state index contributed by atoms with van der Waals surface area (Å²) >= 11 is 0. The molecule has 0 spiro atoms. The van der Waals surface area contributed by atoms with E-state index in [0.717, 1.165) is 38.6 Å². The molecule has 136 valence electrons. The predicted molar refractivity (Wildman–Crippen MR) is 92.8 cm³/mol. The van der Waals surface area contributed by atoms with Crippen LogP contribution in [0.1, 0.15) is 77.0 Å². The van der Waals surface area contributed by atoms with E-state index >= 15 is 0 Å². The molecule has 24 heavy (non-hydrogen) atoms. The molecule has 0 radical (unpaired) electrons. The molecule has 5 heteroatoms. The van der Waals surface area contributed by atoms with E-state index < -0.39 is 12.0 Å². The average molecular weight is 336 g/mol. The summed E-state index contributed by atoms with van der Waals surface area (Å²) in [6, 6.07) is 0.314. The van der Waals surface area contributed by atoms with Crippen molar-refractivity contribution in [3.05, 3.63) is 0 Å². The number of aliphatic carboxylic acids is 1. The lowest BCUT2D eigenvalue weighted by atomic mass is 9.88. The lowest BCUT2D eigenvalue weighted by Gasteiger charge is -2.42. The van der Waals surface area contributed by atoms with Crippen LogP contribution in [0.4, 0.5) is 0 Å². The molecule has 1 saturated heterocycles. The van der Waals surface area contributed by atoms with Gasteiger partial charge < -0.3 is 10.0 Å². The zero-order valence-corrected chi connectivity index (χ0v) is 14.8. The van der Waals surface area contributed by atoms with Crippen molar-refractivity contribution in [2.75, 3.05) is 13.1 Å². The van der Waals surface area contributed by atoms with E-state index in [1.54, 1.807) is 0 Å². The number of likely N-dealkylation sites (tertiary alicyclic amines) is 1. The van der Waals surface area contributed by atoms with Crippen LogP contribution in [-0.2, 0) is 9.59 Å². The molecule has 1 heterocycles. The van der Waals surface area contributed by atoms with Crippen LogP contribution >= 0.6 is 0 Å². The first-order chi connectivity index (χ1) is 11.7. The smallest absolute Gasteiger partial charge is 0.320 e. The Balaban J connectivity index is 1.68. The van der Waals surface area contributed by atoms with Gasteiger partial charge in [0.05, 0.1) is 6.54 Å². The molecule has 1 aliphatic heterocycles. The second-order valence-corrected chi connectivity index (χ2v) is 7.85. The maximum Gasteiger partial charge on any atom is 0.320 e. The SMILES string of the molecule is O=C(O)[C@H]1CCCN1CC(=O)N(C1CCCCC1)C1CCCCC1. The molecule has 3 fully saturated rings. The molecule has 2 aliphatic carbocycles. The number of carbonyl (C=O) groups excluding carboxylic acids is 1. The lowest BCUT2D eigenvalue weighted by molar-refractivity contribution is -0.145. The van der Waals surface area contributed by atoms with Gasteiger partial charge in [0.15, 0.2) is 0 Å². The highest BCUT2D eigenvalue weighted by atomic mass is 16.4. The van der Waals surface area contributed by atoms with E-state index in [0.29, 0.717) is 25.0 Å². The molecule has 0 aromatic rings. The Morgan fingerprint density at radius 2 is 1.38 bits per heavy atom. The Kier molecular flexibility index (Phi) is 6.14. The van der Waals surface area contributed by atoms with Crippen LogP contribution in [0.3, 0.4) is 0 Å². The molecule has 0 unspecified atom stereocenters. The van der Waals surface area contributed by atoms with Crippen molar-refractivity contribution >= 4 is 11.9 Å². The van der Waals surface area contributed by atoms with Crippen LogP contribution in [0.5, 0.6) is 0 Å². The van der Waals surface area contributed by atoms with Crippen molar-refractivity contribution in [1.29, 1.82) is 0 Å². The molecule has 1 amide bonds. The fraction of sp³-hybridized carbons (Fsp3) is 0.895. The van der Waals surface area contributed by atoms with Crippen LogP contribution in [0.15, 0.2) is 0 Å². The summed E-state index contributed by atoms with van der Waals surface area (Å²) in [7, 11) is 0. The number of rotatable bonds is 5. The van der Waals surface area contributed by atoms with Crippen molar-refractivity contribution in [2.45, 2.75) is 95.2 Å². The number of amides is 1. The summed E-state index contributed by atoms with van der Waals surface area (Å²) in [5.41, 5.74) is 0. The van der Waals surface area contributed by atoms with Gasteiger partial charge in [0, 0.05) is 12.1 Å². The summed E-state index contributed by atoms with van der Waals surface area (Å²) in [6.45, 7) is 1.04. The number of nitrogens with zero attached hydrogens (tertiary/aromatic N) is 2. The minimum atomic E-state index is -0.776. The second kappa shape index (κ2) is 8.32. The Morgan fingerprint density at radius 3 is 1.88 bits per heavy atom. The van der Waals surface area contributed by atoms with Gasteiger partial charge in [-0.05, 0) is 45.1 Å². The van der Waals surface area contributed by atoms with E-state index in [1.165, 1.54) is 38.5 Å². The Bertz CT molecular complexity index is 424. The van der Waals surface area contributed by atoms with Gasteiger partial charge in [-0.15, -0.1) is 0 Å². The van der Waals surface area contributed by atoms with Crippen molar-refractivity contribution in [1.82, 2.24) is 9.80 Å². The van der Waals surface area contributed by atoms with Crippen molar-refractivity contribution in [3.8, 4) is 0 Å². The molecule has 0 bridgehead atoms. The Hall–Kier alpha value is -1.10. The minimum Gasteiger partial charge on any atom is -0.480 e. The fourth-order valence-corrected chi connectivity index (χ4v) is 4.97. The number of hydrogen-bond donors (Lipinski definition) is 1. The normalized spacial score (nSPS) is 27.2.